The second-order valence-corrected chi connectivity index (χ2v) is 6.56. The Balaban J connectivity index is 1.71. The quantitative estimate of drug-likeness (QED) is 0.808. The van der Waals surface area contributed by atoms with Crippen LogP contribution in [0.15, 0.2) is 18.5 Å². The first-order valence-corrected chi connectivity index (χ1v) is 7.82. The Morgan fingerprint density at radius 2 is 2.10 bits per heavy atom. The van der Waals surface area contributed by atoms with Crippen molar-refractivity contribution in [3.05, 3.63) is 29.6 Å². The average Bonchev–Trinajstić information content (AvgIpc) is 3.07. The Hall–Kier alpha value is -1.39. The van der Waals surface area contributed by atoms with Crippen LogP contribution in [-0.2, 0) is 9.47 Å². The van der Waals surface area contributed by atoms with E-state index in [0.29, 0.717) is 6.04 Å². The first kappa shape index (κ1) is 13.3. The number of aryl methyl sites for hydroxylation is 2. The molecule has 1 aromatic heterocycles. The summed E-state index contributed by atoms with van der Waals surface area (Å²) < 4.78 is 14.0. The van der Waals surface area contributed by atoms with Crippen LogP contribution >= 0.6 is 0 Å². The van der Waals surface area contributed by atoms with E-state index in [9.17, 15) is 0 Å². The molecule has 2 atom stereocenters. The van der Waals surface area contributed by atoms with E-state index in [0.717, 1.165) is 44.6 Å². The van der Waals surface area contributed by atoms with Crippen molar-refractivity contribution in [1.82, 2.24) is 9.55 Å². The molecule has 0 N–H and O–H groups in total. The molecule has 2 saturated heterocycles. The van der Waals surface area contributed by atoms with Gasteiger partial charge in [-0.1, -0.05) is 0 Å². The van der Waals surface area contributed by atoms with Crippen LogP contribution in [0.4, 0.5) is 0 Å². The van der Waals surface area contributed by atoms with Gasteiger partial charge in [-0.05, 0) is 49.9 Å². The normalized spacial score (nSPS) is 29.5. The van der Waals surface area contributed by atoms with Crippen LogP contribution in [0.2, 0.25) is 0 Å². The fourth-order valence-corrected chi connectivity index (χ4v) is 3.68. The maximum absolute atomic E-state index is 6.05. The molecule has 112 valence electrons. The maximum Gasteiger partial charge on any atom is 0.0960 e. The first-order valence-electron chi connectivity index (χ1n) is 7.82. The number of aromatic nitrogens is 2. The molecule has 3 heterocycles. The van der Waals surface area contributed by atoms with Crippen LogP contribution in [-0.4, -0.2) is 35.0 Å². The number of ether oxygens (including phenoxy) is 2. The van der Waals surface area contributed by atoms with E-state index in [1.54, 1.807) is 0 Å². The lowest BCUT2D eigenvalue weighted by molar-refractivity contribution is -0.0943. The Morgan fingerprint density at radius 1 is 1.24 bits per heavy atom. The summed E-state index contributed by atoms with van der Waals surface area (Å²) in [4.78, 5) is 4.60. The molecule has 4 heteroatoms. The van der Waals surface area contributed by atoms with Crippen molar-refractivity contribution in [2.45, 2.75) is 44.8 Å². The van der Waals surface area contributed by atoms with Gasteiger partial charge < -0.3 is 14.0 Å². The number of fused-ring (bicyclic) bond motifs is 1. The van der Waals surface area contributed by atoms with Gasteiger partial charge in [-0.15, -0.1) is 0 Å². The van der Waals surface area contributed by atoms with Gasteiger partial charge in [-0.25, -0.2) is 4.98 Å². The zero-order chi connectivity index (χ0) is 14.4. The Labute approximate surface area is 125 Å². The van der Waals surface area contributed by atoms with Gasteiger partial charge in [0.2, 0.25) is 0 Å². The van der Waals surface area contributed by atoms with Crippen LogP contribution < -0.4 is 0 Å². The number of rotatable bonds is 1. The lowest BCUT2D eigenvalue weighted by atomic mass is 9.89. The minimum absolute atomic E-state index is 0.0563. The van der Waals surface area contributed by atoms with Crippen LogP contribution in [0.25, 0.3) is 11.0 Å². The molecule has 1 spiro atoms. The summed E-state index contributed by atoms with van der Waals surface area (Å²) in [5.41, 5.74) is 4.93. The standard InChI is InChI=1S/C17H22N2O2/c1-12-7-15-16(8-13(12)2)19(11-18-15)14-3-5-21-17(9-14)4-6-20-10-17/h7-8,11,14H,3-6,9-10H2,1-2H3. The second-order valence-electron chi connectivity index (χ2n) is 6.56. The first-order chi connectivity index (χ1) is 10.2. The SMILES string of the molecule is Cc1cc2ncn(C3CCOC4(CCOC4)C3)c2cc1C. The molecule has 2 aromatic rings. The second kappa shape index (κ2) is 4.82. The molecule has 21 heavy (non-hydrogen) atoms. The predicted molar refractivity (Wildman–Crippen MR) is 81.6 cm³/mol. The maximum atomic E-state index is 6.05. The van der Waals surface area contributed by atoms with Gasteiger partial charge in [-0.2, -0.15) is 0 Å². The highest BCUT2D eigenvalue weighted by Crippen LogP contribution is 2.39. The lowest BCUT2D eigenvalue weighted by Crippen LogP contribution is -2.40. The van der Waals surface area contributed by atoms with E-state index in [4.69, 9.17) is 9.47 Å². The highest BCUT2D eigenvalue weighted by Gasteiger charge is 2.41. The van der Waals surface area contributed by atoms with E-state index in [-0.39, 0.29) is 5.60 Å². The molecule has 4 nitrogen and oxygen atoms in total. The zero-order valence-corrected chi connectivity index (χ0v) is 12.8. The van der Waals surface area contributed by atoms with Crippen molar-refractivity contribution in [1.29, 1.82) is 0 Å². The van der Waals surface area contributed by atoms with Gasteiger partial charge in [0.15, 0.2) is 0 Å². The summed E-state index contributed by atoms with van der Waals surface area (Å²) >= 11 is 0. The summed E-state index contributed by atoms with van der Waals surface area (Å²) in [6, 6.07) is 4.92. The summed E-state index contributed by atoms with van der Waals surface area (Å²) in [6.45, 7) is 6.71. The molecule has 0 saturated carbocycles. The summed E-state index contributed by atoms with van der Waals surface area (Å²) in [5.74, 6) is 0. The molecule has 2 aliphatic heterocycles. The van der Waals surface area contributed by atoms with E-state index in [2.05, 4.69) is 35.5 Å². The van der Waals surface area contributed by atoms with Crippen molar-refractivity contribution < 1.29 is 9.47 Å². The molecule has 2 unspecified atom stereocenters. The van der Waals surface area contributed by atoms with Gasteiger partial charge in [0, 0.05) is 25.7 Å². The van der Waals surface area contributed by atoms with Crippen molar-refractivity contribution >= 4 is 11.0 Å². The largest absolute Gasteiger partial charge is 0.378 e. The molecular formula is C17H22N2O2. The fraction of sp³-hybridized carbons (Fsp3) is 0.588. The highest BCUT2D eigenvalue weighted by atomic mass is 16.6. The van der Waals surface area contributed by atoms with Crippen LogP contribution in [0.5, 0.6) is 0 Å². The third kappa shape index (κ3) is 2.17. The monoisotopic (exact) mass is 286 g/mol. The van der Waals surface area contributed by atoms with Gasteiger partial charge in [0.1, 0.15) is 0 Å². The van der Waals surface area contributed by atoms with E-state index < -0.39 is 0 Å². The molecular weight excluding hydrogens is 264 g/mol. The topological polar surface area (TPSA) is 36.3 Å². The van der Waals surface area contributed by atoms with Gasteiger partial charge in [0.25, 0.3) is 0 Å². The number of benzene rings is 1. The summed E-state index contributed by atoms with van der Waals surface area (Å²) in [6.07, 6.45) is 5.11. The summed E-state index contributed by atoms with van der Waals surface area (Å²) in [7, 11) is 0. The minimum Gasteiger partial charge on any atom is -0.378 e. The van der Waals surface area contributed by atoms with Crippen molar-refractivity contribution in [3.63, 3.8) is 0 Å². The minimum atomic E-state index is -0.0563. The number of hydrogen-bond acceptors (Lipinski definition) is 3. The molecule has 2 aliphatic rings. The van der Waals surface area contributed by atoms with Crippen molar-refractivity contribution in [2.24, 2.45) is 0 Å². The third-order valence-corrected chi connectivity index (χ3v) is 5.12. The molecule has 2 fully saturated rings. The van der Waals surface area contributed by atoms with Crippen LogP contribution in [0.1, 0.15) is 36.4 Å². The fourth-order valence-electron chi connectivity index (χ4n) is 3.68. The molecule has 4 rings (SSSR count). The Bertz CT molecular complexity index is 671. The Morgan fingerprint density at radius 3 is 2.90 bits per heavy atom. The highest BCUT2D eigenvalue weighted by molar-refractivity contribution is 5.77. The van der Waals surface area contributed by atoms with Crippen LogP contribution in [0.3, 0.4) is 0 Å². The molecule has 0 radical (unpaired) electrons. The molecule has 0 bridgehead atoms. The molecule has 0 amide bonds. The van der Waals surface area contributed by atoms with Crippen molar-refractivity contribution in [3.8, 4) is 0 Å². The van der Waals surface area contributed by atoms with Gasteiger partial charge >= 0.3 is 0 Å². The molecule has 0 aliphatic carbocycles. The smallest absolute Gasteiger partial charge is 0.0960 e. The van der Waals surface area contributed by atoms with Crippen LogP contribution in [0, 0.1) is 13.8 Å². The number of hydrogen-bond donors (Lipinski definition) is 0. The van der Waals surface area contributed by atoms with E-state index in [1.807, 2.05) is 6.33 Å². The lowest BCUT2D eigenvalue weighted by Gasteiger charge is -2.37. The number of imidazole rings is 1. The summed E-state index contributed by atoms with van der Waals surface area (Å²) in [5, 5.41) is 0. The zero-order valence-electron chi connectivity index (χ0n) is 12.8. The average molecular weight is 286 g/mol. The van der Waals surface area contributed by atoms with Gasteiger partial charge in [0.05, 0.1) is 29.6 Å². The third-order valence-electron chi connectivity index (χ3n) is 5.12. The predicted octanol–water partition coefficient (Wildman–Crippen LogP) is 3.16. The van der Waals surface area contributed by atoms with E-state index >= 15 is 0 Å². The molecule has 1 aromatic carbocycles. The Kier molecular flexibility index (Phi) is 3.05. The van der Waals surface area contributed by atoms with E-state index in [1.165, 1.54) is 16.6 Å². The van der Waals surface area contributed by atoms with Gasteiger partial charge in [-0.3, -0.25) is 0 Å². The van der Waals surface area contributed by atoms with Crippen molar-refractivity contribution in [2.75, 3.05) is 19.8 Å². The number of nitrogens with zero attached hydrogens (tertiary/aromatic N) is 2.